The van der Waals surface area contributed by atoms with Crippen molar-refractivity contribution in [2.45, 2.75) is 13.0 Å². The zero-order valence-corrected chi connectivity index (χ0v) is 13.7. The molecule has 0 aliphatic carbocycles. The minimum atomic E-state index is -0.413. The molecule has 0 heterocycles. The lowest BCUT2D eigenvalue weighted by Gasteiger charge is -2.19. The zero-order chi connectivity index (χ0) is 15.4. The van der Waals surface area contributed by atoms with Gasteiger partial charge in [-0.15, -0.1) is 0 Å². The number of hydrogen-bond donors (Lipinski definition) is 1. The summed E-state index contributed by atoms with van der Waals surface area (Å²) in [7, 11) is 3.45. The summed E-state index contributed by atoms with van der Waals surface area (Å²) in [4.78, 5) is 0. The third-order valence-electron chi connectivity index (χ3n) is 3.23. The number of methoxy groups -OCH3 is 1. The highest BCUT2D eigenvalue weighted by molar-refractivity contribution is 9.10. The van der Waals surface area contributed by atoms with Crippen LogP contribution >= 0.6 is 15.9 Å². The predicted molar refractivity (Wildman–Crippen MR) is 84.6 cm³/mol. The van der Waals surface area contributed by atoms with Gasteiger partial charge in [-0.05, 0) is 44.3 Å². The number of halogens is 2. The Morgan fingerprint density at radius 2 is 1.86 bits per heavy atom. The van der Waals surface area contributed by atoms with Gasteiger partial charge in [-0.2, -0.15) is 0 Å². The Labute approximate surface area is 132 Å². The lowest BCUT2D eigenvalue weighted by atomic mass is 10.1. The van der Waals surface area contributed by atoms with Crippen LogP contribution < -0.4 is 14.8 Å². The predicted octanol–water partition coefficient (Wildman–Crippen LogP) is 4.67. The van der Waals surface area contributed by atoms with E-state index >= 15 is 0 Å². The van der Waals surface area contributed by atoms with Crippen LogP contribution in [0.25, 0.3) is 0 Å². The van der Waals surface area contributed by atoms with Crippen molar-refractivity contribution in [2.24, 2.45) is 0 Å². The van der Waals surface area contributed by atoms with Gasteiger partial charge >= 0.3 is 0 Å². The molecule has 0 amide bonds. The Kier molecular flexibility index (Phi) is 5.20. The smallest absolute Gasteiger partial charge is 0.165 e. The highest BCUT2D eigenvalue weighted by atomic mass is 79.9. The third kappa shape index (κ3) is 3.54. The molecule has 0 bridgehead atoms. The van der Waals surface area contributed by atoms with Crippen molar-refractivity contribution in [3.63, 3.8) is 0 Å². The second kappa shape index (κ2) is 6.91. The van der Waals surface area contributed by atoms with Gasteiger partial charge in [0, 0.05) is 10.5 Å². The summed E-state index contributed by atoms with van der Waals surface area (Å²) in [6, 6.07) is 10.1. The summed E-state index contributed by atoms with van der Waals surface area (Å²) in [5.74, 6) is 1.02. The molecular weight excluding hydrogens is 337 g/mol. The first-order valence-corrected chi connectivity index (χ1v) is 7.33. The van der Waals surface area contributed by atoms with Gasteiger partial charge in [-0.1, -0.05) is 22.0 Å². The van der Waals surface area contributed by atoms with Gasteiger partial charge in [0.2, 0.25) is 0 Å². The summed E-state index contributed by atoms with van der Waals surface area (Å²) in [6.07, 6.45) is 0. The molecule has 2 aromatic carbocycles. The van der Waals surface area contributed by atoms with Gasteiger partial charge in [0.25, 0.3) is 0 Å². The molecule has 0 fully saturated rings. The average molecular weight is 354 g/mol. The lowest BCUT2D eigenvalue weighted by molar-refractivity contribution is 0.388. The van der Waals surface area contributed by atoms with Crippen molar-refractivity contribution in [1.82, 2.24) is 5.32 Å². The summed E-state index contributed by atoms with van der Waals surface area (Å²) in [5, 5.41) is 3.15. The number of nitrogens with one attached hydrogen (secondary N) is 1. The van der Waals surface area contributed by atoms with Crippen molar-refractivity contribution >= 4 is 15.9 Å². The van der Waals surface area contributed by atoms with Gasteiger partial charge < -0.3 is 14.8 Å². The Bertz CT molecular complexity index is 634. The molecule has 0 aliphatic heterocycles. The molecule has 0 spiro atoms. The van der Waals surface area contributed by atoms with Gasteiger partial charge in [0.05, 0.1) is 12.7 Å². The average Bonchev–Trinajstić information content (AvgIpc) is 2.49. The van der Waals surface area contributed by atoms with E-state index in [0.717, 1.165) is 10.0 Å². The number of ether oxygens (including phenoxy) is 2. The molecule has 1 atom stereocenters. The summed E-state index contributed by atoms with van der Waals surface area (Å²) in [5.41, 5.74) is 0.849. The van der Waals surface area contributed by atoms with Crippen molar-refractivity contribution < 1.29 is 13.9 Å². The second-order valence-corrected chi connectivity index (χ2v) is 5.47. The molecule has 0 saturated carbocycles. The van der Waals surface area contributed by atoms with Crippen LogP contribution in [0.3, 0.4) is 0 Å². The van der Waals surface area contributed by atoms with Gasteiger partial charge in [0.15, 0.2) is 11.6 Å². The molecular formula is C16H17BrFNO2. The van der Waals surface area contributed by atoms with E-state index in [1.165, 1.54) is 6.07 Å². The van der Waals surface area contributed by atoms with E-state index < -0.39 is 5.82 Å². The first kappa shape index (κ1) is 15.8. The molecule has 1 unspecified atom stereocenters. The summed E-state index contributed by atoms with van der Waals surface area (Å²) in [6.45, 7) is 1.99. The molecule has 3 nitrogen and oxygen atoms in total. The van der Waals surface area contributed by atoms with Crippen molar-refractivity contribution in [3.8, 4) is 17.2 Å². The molecule has 112 valence electrons. The van der Waals surface area contributed by atoms with Crippen LogP contribution in [0.1, 0.15) is 18.5 Å². The van der Waals surface area contributed by atoms with E-state index in [1.54, 1.807) is 25.3 Å². The first-order valence-electron chi connectivity index (χ1n) is 6.54. The van der Waals surface area contributed by atoms with E-state index in [-0.39, 0.29) is 11.8 Å². The molecule has 0 aliphatic rings. The molecule has 21 heavy (non-hydrogen) atoms. The largest absolute Gasteiger partial charge is 0.496 e. The Hall–Kier alpha value is -1.59. The fourth-order valence-corrected chi connectivity index (χ4v) is 2.38. The molecule has 0 radical (unpaired) electrons. The van der Waals surface area contributed by atoms with Crippen LogP contribution in [-0.2, 0) is 0 Å². The molecule has 0 saturated heterocycles. The van der Waals surface area contributed by atoms with Crippen molar-refractivity contribution in [2.75, 3.05) is 14.2 Å². The van der Waals surface area contributed by atoms with Crippen LogP contribution in [0.5, 0.6) is 17.2 Å². The second-order valence-electron chi connectivity index (χ2n) is 4.56. The van der Waals surface area contributed by atoms with Crippen LogP contribution in [0, 0.1) is 5.82 Å². The molecule has 1 N–H and O–H groups in total. The minimum absolute atomic E-state index is 0.00589. The van der Waals surface area contributed by atoms with E-state index in [2.05, 4.69) is 21.2 Å². The fourth-order valence-electron chi connectivity index (χ4n) is 2.04. The number of rotatable bonds is 5. The zero-order valence-electron chi connectivity index (χ0n) is 12.1. The Morgan fingerprint density at radius 1 is 1.14 bits per heavy atom. The SMILES string of the molecule is CNC(C)c1c(OC)cccc1Oc1cc(Br)ccc1F. The maximum atomic E-state index is 13.9. The Morgan fingerprint density at radius 3 is 2.52 bits per heavy atom. The monoisotopic (exact) mass is 353 g/mol. The summed E-state index contributed by atoms with van der Waals surface area (Å²) >= 11 is 3.32. The van der Waals surface area contributed by atoms with Crippen molar-refractivity contribution in [3.05, 3.63) is 52.3 Å². The topological polar surface area (TPSA) is 30.5 Å². The lowest BCUT2D eigenvalue weighted by Crippen LogP contribution is -2.14. The quantitative estimate of drug-likeness (QED) is 0.847. The highest BCUT2D eigenvalue weighted by Crippen LogP contribution is 2.37. The minimum Gasteiger partial charge on any atom is -0.496 e. The van der Waals surface area contributed by atoms with Crippen LogP contribution in [0.15, 0.2) is 40.9 Å². The molecule has 0 aromatic heterocycles. The third-order valence-corrected chi connectivity index (χ3v) is 3.72. The van der Waals surface area contributed by atoms with Crippen LogP contribution in [-0.4, -0.2) is 14.2 Å². The fraction of sp³-hybridized carbons (Fsp3) is 0.250. The van der Waals surface area contributed by atoms with Gasteiger partial charge in [-0.25, -0.2) is 4.39 Å². The Balaban J connectivity index is 2.46. The highest BCUT2D eigenvalue weighted by Gasteiger charge is 2.17. The van der Waals surface area contributed by atoms with Crippen molar-refractivity contribution in [1.29, 1.82) is 0 Å². The van der Waals surface area contributed by atoms with E-state index in [9.17, 15) is 4.39 Å². The number of hydrogen-bond acceptors (Lipinski definition) is 3. The molecule has 2 rings (SSSR count). The first-order chi connectivity index (χ1) is 10.1. The molecule has 2 aromatic rings. The maximum Gasteiger partial charge on any atom is 0.165 e. The van der Waals surface area contributed by atoms with Gasteiger partial charge in [-0.3, -0.25) is 0 Å². The van der Waals surface area contributed by atoms with E-state index in [4.69, 9.17) is 9.47 Å². The maximum absolute atomic E-state index is 13.9. The standard InChI is InChI=1S/C16H17BrFNO2/c1-10(19-2)16-13(20-3)5-4-6-14(16)21-15-9-11(17)7-8-12(15)18/h4-10,19H,1-3H3. The number of benzene rings is 2. The van der Waals surface area contributed by atoms with Crippen LogP contribution in [0.2, 0.25) is 0 Å². The molecule has 5 heteroatoms. The van der Waals surface area contributed by atoms with E-state index in [1.807, 2.05) is 26.1 Å². The van der Waals surface area contributed by atoms with Crippen LogP contribution in [0.4, 0.5) is 4.39 Å². The normalized spacial score (nSPS) is 12.0. The van der Waals surface area contributed by atoms with E-state index in [0.29, 0.717) is 11.5 Å². The van der Waals surface area contributed by atoms with Gasteiger partial charge in [0.1, 0.15) is 11.5 Å². The summed E-state index contributed by atoms with van der Waals surface area (Å²) < 4.78 is 25.8.